The molecule has 3 fully saturated rings. The summed E-state index contributed by atoms with van der Waals surface area (Å²) in [6, 6.07) is 1.05. The number of aliphatic hydroxyl groups excluding tert-OH is 4. The van der Waals surface area contributed by atoms with Gasteiger partial charge in [-0.05, 0) is 6.92 Å². The van der Waals surface area contributed by atoms with Crippen LogP contribution in [0, 0.1) is 5.92 Å². The summed E-state index contributed by atoms with van der Waals surface area (Å²) in [6.45, 7) is 1.25. The number of amides is 3. The van der Waals surface area contributed by atoms with E-state index in [1.807, 2.05) is 4.98 Å². The first-order valence-corrected chi connectivity index (χ1v) is 12.8. The lowest BCUT2D eigenvalue weighted by Crippen LogP contribution is -2.50. The maximum absolute atomic E-state index is 12.8. The molecule has 0 aliphatic carbocycles. The highest BCUT2D eigenvalue weighted by atomic mass is 32.2. The van der Waals surface area contributed by atoms with Crippen molar-refractivity contribution in [3.8, 4) is 0 Å². The molecule has 206 valence electrons. The minimum Gasteiger partial charge on any atom is -0.388 e. The molecule has 10 atom stereocenters. The predicted octanol–water partition coefficient (Wildman–Crippen LogP) is -4.23. The number of carbonyl (C=O) groups is 3. The summed E-state index contributed by atoms with van der Waals surface area (Å²) in [5, 5.41) is 43.9. The average molecular weight is 555 g/mol. The number of carbonyl (C=O) groups excluding carboxylic acids is 3. The number of H-pyrrole nitrogens is 1. The molecule has 1 aromatic rings. The summed E-state index contributed by atoms with van der Waals surface area (Å²) >= 11 is 1.10. The lowest BCUT2D eigenvalue weighted by atomic mass is 9.91. The van der Waals surface area contributed by atoms with Gasteiger partial charge in [-0.25, -0.2) is 4.79 Å². The van der Waals surface area contributed by atoms with Crippen LogP contribution in [0.4, 0.5) is 0 Å². The summed E-state index contributed by atoms with van der Waals surface area (Å²) in [5.41, 5.74) is -1.27. The Hall–Kier alpha value is -2.86. The number of ether oxygens (including phenoxy) is 2. The third-order valence-electron chi connectivity index (χ3n) is 7.14. The highest BCUT2D eigenvalue weighted by Crippen LogP contribution is 2.39. The van der Waals surface area contributed by atoms with E-state index in [4.69, 9.17) is 9.47 Å². The fourth-order valence-electron chi connectivity index (χ4n) is 5.11. The number of aliphatic hydroxyl groups is 4. The normalized spacial score (nSPS) is 39.6. The van der Waals surface area contributed by atoms with Crippen LogP contribution < -0.4 is 16.6 Å². The van der Waals surface area contributed by atoms with E-state index < -0.39 is 83.3 Å². The second-order valence-corrected chi connectivity index (χ2v) is 10.7. The highest BCUT2D eigenvalue weighted by molar-refractivity contribution is 8.01. The summed E-state index contributed by atoms with van der Waals surface area (Å²) < 4.78 is 12.5. The number of rotatable bonds is 5. The monoisotopic (exact) mass is 554 g/mol. The molecular formula is C22H26N4O11S. The van der Waals surface area contributed by atoms with Gasteiger partial charge in [0.1, 0.15) is 48.1 Å². The smallest absolute Gasteiger partial charge is 0.330 e. The molecule has 38 heavy (non-hydrogen) atoms. The topological polar surface area (TPSA) is 221 Å². The van der Waals surface area contributed by atoms with Crippen molar-refractivity contribution in [1.82, 2.24) is 19.8 Å². The molecule has 0 saturated carbocycles. The maximum Gasteiger partial charge on any atom is 0.330 e. The van der Waals surface area contributed by atoms with E-state index in [0.29, 0.717) is 0 Å². The molecule has 5 unspecified atom stereocenters. The van der Waals surface area contributed by atoms with E-state index >= 15 is 0 Å². The number of nitrogens with zero attached hydrogens (tertiary/aromatic N) is 2. The van der Waals surface area contributed by atoms with Crippen LogP contribution in [0.2, 0.25) is 0 Å². The van der Waals surface area contributed by atoms with Gasteiger partial charge in [-0.2, -0.15) is 0 Å². The van der Waals surface area contributed by atoms with Gasteiger partial charge in [-0.3, -0.25) is 34.0 Å². The Morgan fingerprint density at radius 3 is 2.42 bits per heavy atom. The van der Waals surface area contributed by atoms with E-state index in [0.717, 1.165) is 28.6 Å². The molecule has 0 aromatic carbocycles. The fraction of sp³-hybridized carbons (Fsp3) is 0.591. The lowest BCUT2D eigenvalue weighted by molar-refractivity contribution is -0.139. The summed E-state index contributed by atoms with van der Waals surface area (Å²) in [7, 11) is 0. The number of aromatic amines is 1. The van der Waals surface area contributed by atoms with Gasteiger partial charge in [0.25, 0.3) is 11.5 Å². The second kappa shape index (κ2) is 10.0. The molecule has 5 rings (SSSR count). The Morgan fingerprint density at radius 2 is 1.71 bits per heavy atom. The predicted molar refractivity (Wildman–Crippen MR) is 126 cm³/mol. The molecule has 15 nitrogen and oxygen atoms in total. The van der Waals surface area contributed by atoms with E-state index in [9.17, 15) is 44.4 Å². The van der Waals surface area contributed by atoms with E-state index in [1.54, 1.807) is 0 Å². The number of hydrogen-bond acceptors (Lipinski definition) is 12. The molecular weight excluding hydrogens is 528 g/mol. The summed E-state index contributed by atoms with van der Waals surface area (Å²) in [6.07, 6.45) is -8.41. The van der Waals surface area contributed by atoms with Crippen LogP contribution in [0.5, 0.6) is 0 Å². The van der Waals surface area contributed by atoms with Gasteiger partial charge >= 0.3 is 5.69 Å². The molecule has 4 aliphatic heterocycles. The van der Waals surface area contributed by atoms with Crippen molar-refractivity contribution < 1.29 is 44.3 Å². The Kier molecular flexibility index (Phi) is 7.06. The van der Waals surface area contributed by atoms with Gasteiger partial charge in [0, 0.05) is 17.8 Å². The number of imide groups is 1. The molecule has 0 spiro atoms. The summed E-state index contributed by atoms with van der Waals surface area (Å²) in [5.74, 6) is -2.71. The first-order chi connectivity index (χ1) is 18.0. The quantitative estimate of drug-likeness (QED) is 0.191. The van der Waals surface area contributed by atoms with Crippen LogP contribution in [0.1, 0.15) is 13.2 Å². The number of thioether (sulfide) groups is 1. The Bertz CT molecular complexity index is 1300. The van der Waals surface area contributed by atoms with Crippen LogP contribution in [0.15, 0.2) is 33.5 Å². The first-order valence-electron chi connectivity index (χ1n) is 11.8. The largest absolute Gasteiger partial charge is 0.388 e. The van der Waals surface area contributed by atoms with Gasteiger partial charge in [0.05, 0.1) is 18.2 Å². The minimum absolute atomic E-state index is 0.0134. The highest BCUT2D eigenvalue weighted by Gasteiger charge is 2.54. The molecule has 3 amide bonds. The van der Waals surface area contributed by atoms with Crippen LogP contribution >= 0.6 is 11.8 Å². The molecule has 4 aliphatic rings. The molecule has 16 heteroatoms. The lowest BCUT2D eigenvalue weighted by Gasteiger charge is -2.32. The number of hydrogen-bond donors (Lipinski definition) is 6. The third kappa shape index (κ3) is 4.51. The SMILES string of the molecule is CC1=CC(C2OC(CN3C(=O)CS[C@H]3C3OC(n4ccc(=O)[nH]c4=O)[C@@H](O)[C@H]3O)[C@@H](O)[C@H]2O)C(=O)NC1=O. The van der Waals surface area contributed by atoms with Crippen molar-refractivity contribution in [3.63, 3.8) is 0 Å². The van der Waals surface area contributed by atoms with E-state index in [-0.39, 0.29) is 23.8 Å². The Balaban J connectivity index is 1.33. The van der Waals surface area contributed by atoms with Crippen molar-refractivity contribution in [2.75, 3.05) is 12.3 Å². The van der Waals surface area contributed by atoms with Gasteiger partial charge in [0.15, 0.2) is 6.23 Å². The molecule has 0 radical (unpaired) electrons. The van der Waals surface area contributed by atoms with Crippen molar-refractivity contribution in [2.45, 2.75) is 61.3 Å². The third-order valence-corrected chi connectivity index (χ3v) is 8.42. The van der Waals surface area contributed by atoms with Gasteiger partial charge in [0.2, 0.25) is 11.8 Å². The number of nitrogens with one attached hydrogen (secondary N) is 2. The van der Waals surface area contributed by atoms with Crippen LogP contribution in [0.25, 0.3) is 0 Å². The Morgan fingerprint density at radius 1 is 1.00 bits per heavy atom. The van der Waals surface area contributed by atoms with Crippen molar-refractivity contribution >= 4 is 29.5 Å². The molecule has 0 bridgehead atoms. The van der Waals surface area contributed by atoms with E-state index in [1.165, 1.54) is 17.9 Å². The fourth-order valence-corrected chi connectivity index (χ4v) is 6.38. The molecule has 6 N–H and O–H groups in total. The van der Waals surface area contributed by atoms with Gasteiger partial charge in [-0.15, -0.1) is 11.8 Å². The van der Waals surface area contributed by atoms with Crippen LogP contribution in [0.3, 0.4) is 0 Å². The average Bonchev–Trinajstić information content (AvgIpc) is 3.46. The minimum atomic E-state index is -1.57. The van der Waals surface area contributed by atoms with Crippen molar-refractivity contribution in [3.05, 3.63) is 44.8 Å². The molecule has 1 aromatic heterocycles. The second-order valence-electron chi connectivity index (χ2n) is 9.55. The zero-order valence-electron chi connectivity index (χ0n) is 19.9. The standard InChI is InChI=1S/C22H26N4O11S/c1-7-4-8(19(34)24-18(7)33)16-13(30)12(29)9(36-16)5-26-11(28)6-38-21(26)17-14(31)15(32)20(37-17)25-3-2-10(27)23-22(25)35/h2-4,8-9,12-17,20-21,29-32H,5-6H2,1H3,(H,23,27,35)(H,24,33,34)/t8?,9?,12-,13-,14-,15+,16?,17?,20?,21+/m1/s1. The zero-order chi connectivity index (χ0) is 27.5. The summed E-state index contributed by atoms with van der Waals surface area (Å²) in [4.78, 5) is 63.7. The van der Waals surface area contributed by atoms with Crippen molar-refractivity contribution in [1.29, 1.82) is 0 Å². The number of aromatic nitrogens is 2. The Labute approximate surface area is 218 Å². The maximum atomic E-state index is 12.8. The van der Waals surface area contributed by atoms with Crippen molar-refractivity contribution in [2.24, 2.45) is 5.92 Å². The van der Waals surface area contributed by atoms with Crippen LogP contribution in [-0.4, -0.2) is 113 Å². The first kappa shape index (κ1) is 26.7. The van der Waals surface area contributed by atoms with Gasteiger partial charge < -0.3 is 34.8 Å². The van der Waals surface area contributed by atoms with E-state index in [2.05, 4.69) is 5.32 Å². The zero-order valence-corrected chi connectivity index (χ0v) is 20.7. The molecule has 5 heterocycles. The van der Waals surface area contributed by atoms with Crippen LogP contribution in [-0.2, 0) is 23.9 Å². The molecule has 3 saturated heterocycles. The van der Waals surface area contributed by atoms with Gasteiger partial charge in [-0.1, -0.05) is 6.08 Å².